The van der Waals surface area contributed by atoms with Crippen molar-refractivity contribution in [2.24, 2.45) is 23.7 Å². The van der Waals surface area contributed by atoms with Crippen molar-refractivity contribution in [3.63, 3.8) is 0 Å². The number of benzene rings is 1. The number of aryl methyl sites for hydroxylation is 1. The molecular formula is C28H46. The Bertz CT molecular complexity index is 513. The van der Waals surface area contributed by atoms with Crippen LogP contribution in [0, 0.1) is 23.7 Å². The number of hydrogen-bond donors (Lipinski definition) is 0. The molecule has 0 spiro atoms. The Morgan fingerprint density at radius 2 is 1.36 bits per heavy atom. The fourth-order valence-electron chi connectivity index (χ4n) is 6.08. The van der Waals surface area contributed by atoms with Crippen LogP contribution in [0.25, 0.3) is 0 Å². The Morgan fingerprint density at radius 1 is 0.750 bits per heavy atom. The first-order valence-electron chi connectivity index (χ1n) is 12.9. The lowest BCUT2D eigenvalue weighted by Gasteiger charge is -2.33. The molecular weight excluding hydrogens is 336 g/mol. The van der Waals surface area contributed by atoms with Gasteiger partial charge in [-0.3, -0.25) is 0 Å². The molecule has 3 rings (SSSR count). The standard InChI is InChI=1S/C28H46/c1-3-5-9-24-14-16-25(17-15-24)20-21-28(27-10-7-6-8-11-27)22-26-18-12-23(4-2)13-19-26/h12-13,18-19,24-25,27-28H,3-11,14-17,20-22H2,1-2H3. The predicted molar refractivity (Wildman–Crippen MR) is 124 cm³/mol. The van der Waals surface area contributed by atoms with Gasteiger partial charge in [-0.2, -0.15) is 0 Å². The normalized spacial score (nSPS) is 24.9. The van der Waals surface area contributed by atoms with Gasteiger partial charge in [-0.1, -0.05) is 122 Å². The molecule has 28 heavy (non-hydrogen) atoms. The van der Waals surface area contributed by atoms with Crippen LogP contribution in [0.15, 0.2) is 24.3 Å². The summed E-state index contributed by atoms with van der Waals surface area (Å²) in [4.78, 5) is 0. The first-order valence-corrected chi connectivity index (χ1v) is 12.9. The van der Waals surface area contributed by atoms with Gasteiger partial charge in [-0.25, -0.2) is 0 Å². The van der Waals surface area contributed by atoms with Gasteiger partial charge in [-0.15, -0.1) is 0 Å². The maximum Gasteiger partial charge on any atom is -0.0248 e. The molecule has 158 valence electrons. The van der Waals surface area contributed by atoms with Gasteiger partial charge in [-0.05, 0) is 54.1 Å². The minimum Gasteiger partial charge on any atom is -0.0654 e. The molecule has 2 saturated carbocycles. The molecule has 1 atom stereocenters. The lowest BCUT2D eigenvalue weighted by atomic mass is 9.72. The minimum absolute atomic E-state index is 0.936. The molecule has 0 heterocycles. The van der Waals surface area contributed by atoms with E-state index in [0.717, 1.165) is 30.1 Å². The zero-order valence-electron chi connectivity index (χ0n) is 18.9. The fraction of sp³-hybridized carbons (Fsp3) is 0.786. The van der Waals surface area contributed by atoms with E-state index in [-0.39, 0.29) is 0 Å². The van der Waals surface area contributed by atoms with Crippen LogP contribution in [-0.2, 0) is 12.8 Å². The van der Waals surface area contributed by atoms with Gasteiger partial charge in [0.1, 0.15) is 0 Å². The van der Waals surface area contributed by atoms with E-state index < -0.39 is 0 Å². The van der Waals surface area contributed by atoms with Crippen molar-refractivity contribution in [2.45, 2.75) is 117 Å². The molecule has 2 fully saturated rings. The highest BCUT2D eigenvalue weighted by molar-refractivity contribution is 5.23. The summed E-state index contributed by atoms with van der Waals surface area (Å²) in [6, 6.07) is 9.58. The topological polar surface area (TPSA) is 0 Å². The van der Waals surface area contributed by atoms with Crippen molar-refractivity contribution in [3.8, 4) is 0 Å². The van der Waals surface area contributed by atoms with Crippen molar-refractivity contribution in [1.82, 2.24) is 0 Å². The lowest BCUT2D eigenvalue weighted by Crippen LogP contribution is -2.22. The molecule has 0 heteroatoms. The van der Waals surface area contributed by atoms with Gasteiger partial charge in [0.15, 0.2) is 0 Å². The quantitative estimate of drug-likeness (QED) is 0.379. The van der Waals surface area contributed by atoms with Gasteiger partial charge >= 0.3 is 0 Å². The summed E-state index contributed by atoms with van der Waals surface area (Å²) < 4.78 is 0. The van der Waals surface area contributed by atoms with Crippen molar-refractivity contribution < 1.29 is 0 Å². The average molecular weight is 383 g/mol. The van der Waals surface area contributed by atoms with Gasteiger partial charge in [0.05, 0.1) is 0 Å². The number of unbranched alkanes of at least 4 members (excludes halogenated alkanes) is 1. The lowest BCUT2D eigenvalue weighted by molar-refractivity contribution is 0.196. The van der Waals surface area contributed by atoms with Crippen LogP contribution in [0.3, 0.4) is 0 Å². The molecule has 0 radical (unpaired) electrons. The summed E-state index contributed by atoms with van der Waals surface area (Å²) in [7, 11) is 0. The van der Waals surface area contributed by atoms with E-state index >= 15 is 0 Å². The van der Waals surface area contributed by atoms with Gasteiger partial charge in [0.2, 0.25) is 0 Å². The monoisotopic (exact) mass is 382 g/mol. The molecule has 1 aromatic carbocycles. The summed E-state index contributed by atoms with van der Waals surface area (Å²) in [6.07, 6.45) is 23.4. The van der Waals surface area contributed by atoms with Crippen molar-refractivity contribution in [2.75, 3.05) is 0 Å². The van der Waals surface area contributed by atoms with Gasteiger partial charge in [0, 0.05) is 0 Å². The smallest absolute Gasteiger partial charge is 0.0248 e. The van der Waals surface area contributed by atoms with Crippen LogP contribution < -0.4 is 0 Å². The predicted octanol–water partition coefficient (Wildman–Crippen LogP) is 8.76. The Morgan fingerprint density at radius 3 is 1.96 bits per heavy atom. The van der Waals surface area contributed by atoms with Gasteiger partial charge < -0.3 is 0 Å². The van der Waals surface area contributed by atoms with E-state index in [0.29, 0.717) is 0 Å². The van der Waals surface area contributed by atoms with Crippen LogP contribution in [0.4, 0.5) is 0 Å². The maximum atomic E-state index is 2.42. The fourth-order valence-corrected chi connectivity index (χ4v) is 6.08. The summed E-state index contributed by atoms with van der Waals surface area (Å²) in [6.45, 7) is 4.60. The molecule has 0 saturated heterocycles. The summed E-state index contributed by atoms with van der Waals surface area (Å²) in [5.41, 5.74) is 3.08. The highest BCUT2D eigenvalue weighted by atomic mass is 14.3. The SMILES string of the molecule is CCCCC1CCC(CCC(Cc2ccc(CC)cc2)C2CCCCC2)CC1. The van der Waals surface area contributed by atoms with E-state index in [4.69, 9.17) is 0 Å². The van der Waals surface area contributed by atoms with E-state index in [1.165, 1.54) is 102 Å². The molecule has 0 nitrogen and oxygen atoms in total. The highest BCUT2D eigenvalue weighted by Gasteiger charge is 2.26. The van der Waals surface area contributed by atoms with Gasteiger partial charge in [0.25, 0.3) is 0 Å². The molecule has 0 N–H and O–H groups in total. The molecule has 2 aliphatic rings. The molecule has 0 bridgehead atoms. The third-order valence-electron chi connectivity index (χ3n) is 8.12. The summed E-state index contributed by atoms with van der Waals surface area (Å²) in [5.74, 6) is 4.03. The minimum atomic E-state index is 0.936. The molecule has 2 aliphatic carbocycles. The van der Waals surface area contributed by atoms with Crippen LogP contribution in [0.5, 0.6) is 0 Å². The van der Waals surface area contributed by atoms with Crippen LogP contribution in [0.1, 0.15) is 115 Å². The Labute approximate surface area is 175 Å². The Kier molecular flexibility index (Phi) is 9.42. The zero-order chi connectivity index (χ0) is 19.6. The second-order valence-corrected chi connectivity index (χ2v) is 10.1. The third-order valence-corrected chi connectivity index (χ3v) is 8.12. The van der Waals surface area contributed by atoms with E-state index in [1.54, 1.807) is 5.56 Å². The highest BCUT2D eigenvalue weighted by Crippen LogP contribution is 2.39. The molecule has 0 aromatic heterocycles. The van der Waals surface area contributed by atoms with Crippen LogP contribution >= 0.6 is 0 Å². The second-order valence-electron chi connectivity index (χ2n) is 10.1. The largest absolute Gasteiger partial charge is 0.0654 e. The first kappa shape index (κ1) is 21.9. The Balaban J connectivity index is 1.50. The molecule has 0 aliphatic heterocycles. The summed E-state index contributed by atoms with van der Waals surface area (Å²) >= 11 is 0. The average Bonchev–Trinajstić information content (AvgIpc) is 2.77. The van der Waals surface area contributed by atoms with E-state index in [2.05, 4.69) is 38.1 Å². The summed E-state index contributed by atoms with van der Waals surface area (Å²) in [5, 5.41) is 0. The first-order chi connectivity index (χ1) is 13.8. The number of rotatable bonds is 10. The van der Waals surface area contributed by atoms with Crippen molar-refractivity contribution >= 4 is 0 Å². The van der Waals surface area contributed by atoms with Crippen LogP contribution in [-0.4, -0.2) is 0 Å². The zero-order valence-corrected chi connectivity index (χ0v) is 18.9. The number of hydrogen-bond acceptors (Lipinski definition) is 0. The molecule has 1 aromatic rings. The molecule has 1 unspecified atom stereocenters. The van der Waals surface area contributed by atoms with Crippen molar-refractivity contribution in [3.05, 3.63) is 35.4 Å². The maximum absolute atomic E-state index is 2.42. The molecule has 0 amide bonds. The van der Waals surface area contributed by atoms with Crippen molar-refractivity contribution in [1.29, 1.82) is 0 Å². The van der Waals surface area contributed by atoms with Crippen LogP contribution in [0.2, 0.25) is 0 Å². The second kappa shape index (κ2) is 12.0. The van der Waals surface area contributed by atoms with E-state index in [1.807, 2.05) is 0 Å². The van der Waals surface area contributed by atoms with E-state index in [9.17, 15) is 0 Å². The Hall–Kier alpha value is -0.780. The third kappa shape index (κ3) is 6.93.